The van der Waals surface area contributed by atoms with Crippen molar-refractivity contribution in [3.05, 3.63) is 23.7 Å². The van der Waals surface area contributed by atoms with E-state index in [4.69, 9.17) is 11.5 Å². The second kappa shape index (κ2) is 4.84. The minimum Gasteiger partial charge on any atom is -0.385 e. The molecule has 0 aliphatic heterocycles. The molecule has 0 aromatic carbocycles. The van der Waals surface area contributed by atoms with Gasteiger partial charge in [0.2, 0.25) is 0 Å². The first-order valence-corrected chi connectivity index (χ1v) is 3.08. The fraction of sp³-hybridized carbons (Fsp3) is 0.333. The molecular weight excluding hydrogens is 128 g/mol. The molecule has 10 heavy (non-hydrogen) atoms. The minimum atomic E-state index is 0.429. The third-order valence-corrected chi connectivity index (χ3v) is 1.15. The van der Waals surface area contributed by atoms with Crippen LogP contribution < -0.4 is 22.5 Å². The van der Waals surface area contributed by atoms with Crippen LogP contribution in [0.1, 0.15) is 0 Å². The van der Waals surface area contributed by atoms with Crippen molar-refractivity contribution >= 4 is 0 Å². The lowest BCUT2D eigenvalue weighted by atomic mass is 10.2. The summed E-state index contributed by atoms with van der Waals surface area (Å²) < 4.78 is 0. The molecule has 8 N–H and O–H groups in total. The Balaban J connectivity index is 4.29. The summed E-state index contributed by atoms with van der Waals surface area (Å²) in [5.41, 5.74) is 15.3. The van der Waals surface area contributed by atoms with Crippen LogP contribution in [-0.4, -0.2) is 13.6 Å². The summed E-state index contributed by atoms with van der Waals surface area (Å²) in [6.45, 7) is 0.429. The van der Waals surface area contributed by atoms with Crippen LogP contribution in [0, 0.1) is 0 Å². The molecule has 0 amide bonds. The highest BCUT2D eigenvalue weighted by Gasteiger charge is 1.93. The van der Waals surface area contributed by atoms with Gasteiger partial charge in [-0.2, -0.15) is 0 Å². The van der Waals surface area contributed by atoms with Crippen LogP contribution in [0.4, 0.5) is 0 Å². The fourth-order valence-corrected chi connectivity index (χ4v) is 0.571. The number of nitrogens with one attached hydrogen (secondary N) is 1. The van der Waals surface area contributed by atoms with E-state index in [1.54, 1.807) is 19.3 Å². The van der Waals surface area contributed by atoms with Crippen LogP contribution in [0.15, 0.2) is 23.7 Å². The Bertz CT molecular complexity index is 148. The predicted molar refractivity (Wildman–Crippen MR) is 41.4 cm³/mol. The van der Waals surface area contributed by atoms with Crippen molar-refractivity contribution in [3.8, 4) is 0 Å². The Labute approximate surface area is 60.8 Å². The molecule has 0 atom stereocenters. The first kappa shape index (κ1) is 9.00. The number of rotatable bonds is 3. The van der Waals surface area contributed by atoms with Crippen LogP contribution in [-0.2, 0) is 0 Å². The Morgan fingerprint density at radius 1 is 1.70 bits per heavy atom. The molecule has 4 heteroatoms. The lowest BCUT2D eigenvalue weighted by molar-refractivity contribution is -0.274. The molecule has 0 rings (SSSR count). The van der Waals surface area contributed by atoms with Crippen LogP contribution in [0.5, 0.6) is 0 Å². The van der Waals surface area contributed by atoms with E-state index in [1.165, 1.54) is 0 Å². The third-order valence-electron chi connectivity index (χ3n) is 1.15. The average molecular weight is 143 g/mol. The summed E-state index contributed by atoms with van der Waals surface area (Å²) in [7, 11) is 1.75. The van der Waals surface area contributed by atoms with E-state index in [2.05, 4.69) is 11.1 Å². The van der Waals surface area contributed by atoms with Gasteiger partial charge in [0.1, 0.15) is 5.82 Å². The van der Waals surface area contributed by atoms with Crippen molar-refractivity contribution in [3.63, 3.8) is 0 Å². The molecule has 0 aromatic heterocycles. The maximum Gasteiger partial charge on any atom is 0.101 e. The molecular formula is C6H15N4+. The number of hydrogen-bond acceptors (Lipinski definition) is 3. The van der Waals surface area contributed by atoms with Gasteiger partial charge in [0.15, 0.2) is 0 Å². The standard InChI is InChI=1S/C6H14N4/c1-10-6(9)5(4-8)2-3-7/h2-3,10H,4,7-9H2,1H3/p+1. The topological polar surface area (TPSA) is 91.7 Å². The Morgan fingerprint density at radius 2 is 2.30 bits per heavy atom. The van der Waals surface area contributed by atoms with Gasteiger partial charge in [-0.15, -0.1) is 0 Å². The summed E-state index contributed by atoms with van der Waals surface area (Å²) in [6.07, 6.45) is 3.44. The van der Waals surface area contributed by atoms with Crippen molar-refractivity contribution in [2.75, 3.05) is 13.6 Å². The molecule has 0 radical (unpaired) electrons. The number of nitrogens with two attached hydrogens (primary N) is 2. The van der Waals surface area contributed by atoms with Crippen LogP contribution in [0.3, 0.4) is 0 Å². The quantitative estimate of drug-likeness (QED) is 0.347. The van der Waals surface area contributed by atoms with Gasteiger partial charge < -0.3 is 22.5 Å². The Hall–Kier alpha value is -1.00. The molecule has 0 saturated heterocycles. The summed E-state index contributed by atoms with van der Waals surface area (Å²) in [4.78, 5) is 0. The van der Waals surface area contributed by atoms with Crippen LogP contribution in [0.2, 0.25) is 0 Å². The van der Waals surface area contributed by atoms with Gasteiger partial charge >= 0.3 is 0 Å². The smallest absolute Gasteiger partial charge is 0.101 e. The highest BCUT2D eigenvalue weighted by atomic mass is 15.0. The van der Waals surface area contributed by atoms with Crippen molar-refractivity contribution in [1.82, 2.24) is 5.32 Å². The lowest BCUT2D eigenvalue weighted by Gasteiger charge is -2.03. The molecule has 0 aliphatic carbocycles. The summed E-state index contributed by atoms with van der Waals surface area (Å²) >= 11 is 0. The number of hydrogen-bond donors (Lipinski definition) is 4. The summed E-state index contributed by atoms with van der Waals surface area (Å²) in [5.74, 6) is 0.599. The molecule has 0 aromatic rings. The summed E-state index contributed by atoms with van der Waals surface area (Å²) in [5, 5.41) is 2.80. The lowest BCUT2D eigenvalue weighted by Crippen LogP contribution is -2.39. The maximum absolute atomic E-state index is 5.52. The van der Waals surface area contributed by atoms with Gasteiger partial charge in [0.05, 0.1) is 6.20 Å². The van der Waals surface area contributed by atoms with Crippen LogP contribution >= 0.6 is 0 Å². The first-order valence-electron chi connectivity index (χ1n) is 3.08. The molecule has 0 aliphatic rings. The SMILES string of the molecule is CNC(N)=C(C=C[NH3+])CN. The molecule has 4 nitrogen and oxygen atoms in total. The molecule has 0 unspecified atom stereocenters. The number of quaternary nitrogens is 1. The second-order valence-electron chi connectivity index (χ2n) is 1.80. The van der Waals surface area contributed by atoms with Crippen molar-refractivity contribution in [2.24, 2.45) is 11.5 Å². The van der Waals surface area contributed by atoms with Crippen molar-refractivity contribution < 1.29 is 5.73 Å². The van der Waals surface area contributed by atoms with Crippen molar-refractivity contribution in [2.45, 2.75) is 0 Å². The highest BCUT2D eigenvalue weighted by molar-refractivity contribution is 5.22. The van der Waals surface area contributed by atoms with E-state index in [0.717, 1.165) is 5.57 Å². The first-order chi connectivity index (χ1) is 4.76. The molecule has 0 spiro atoms. The normalized spacial score (nSPS) is 13.5. The van der Waals surface area contributed by atoms with E-state index in [-0.39, 0.29) is 0 Å². The Kier molecular flexibility index (Phi) is 4.36. The summed E-state index contributed by atoms with van der Waals surface area (Å²) in [6, 6.07) is 0. The van der Waals surface area contributed by atoms with Gasteiger partial charge in [-0.05, 0) is 6.08 Å². The van der Waals surface area contributed by atoms with Gasteiger partial charge in [-0.3, -0.25) is 0 Å². The predicted octanol–water partition coefficient (Wildman–Crippen LogP) is -1.91. The molecule has 0 saturated carbocycles. The fourth-order valence-electron chi connectivity index (χ4n) is 0.571. The van der Waals surface area contributed by atoms with E-state index in [9.17, 15) is 0 Å². The van der Waals surface area contributed by atoms with E-state index in [1.807, 2.05) is 0 Å². The van der Waals surface area contributed by atoms with E-state index in [0.29, 0.717) is 12.4 Å². The zero-order valence-electron chi connectivity index (χ0n) is 6.22. The molecule has 0 fully saturated rings. The van der Waals surface area contributed by atoms with Gasteiger partial charge in [0, 0.05) is 19.2 Å². The van der Waals surface area contributed by atoms with Crippen LogP contribution in [0.25, 0.3) is 0 Å². The van der Waals surface area contributed by atoms with Crippen molar-refractivity contribution in [1.29, 1.82) is 0 Å². The zero-order chi connectivity index (χ0) is 7.98. The van der Waals surface area contributed by atoms with Gasteiger partial charge in [-0.1, -0.05) is 0 Å². The van der Waals surface area contributed by atoms with E-state index >= 15 is 0 Å². The van der Waals surface area contributed by atoms with Gasteiger partial charge in [0.25, 0.3) is 0 Å². The minimum absolute atomic E-state index is 0.429. The maximum atomic E-state index is 5.52. The van der Waals surface area contributed by atoms with E-state index < -0.39 is 0 Å². The Morgan fingerprint density at radius 3 is 2.60 bits per heavy atom. The largest absolute Gasteiger partial charge is 0.385 e. The van der Waals surface area contributed by atoms with Gasteiger partial charge in [-0.25, -0.2) is 0 Å². The third kappa shape index (κ3) is 2.52. The molecule has 0 heterocycles. The highest BCUT2D eigenvalue weighted by Crippen LogP contribution is 1.93. The molecule has 58 valence electrons. The molecule has 0 bridgehead atoms. The average Bonchev–Trinajstić information content (AvgIpc) is 1.99. The monoisotopic (exact) mass is 143 g/mol. The second-order valence-corrected chi connectivity index (χ2v) is 1.80. The zero-order valence-corrected chi connectivity index (χ0v) is 6.22.